The van der Waals surface area contributed by atoms with Crippen LogP contribution in [0.3, 0.4) is 0 Å². The number of nitrogens with zero attached hydrogens (tertiary/aromatic N) is 1. The van der Waals surface area contributed by atoms with Gasteiger partial charge in [-0.2, -0.15) is 0 Å². The van der Waals surface area contributed by atoms with Gasteiger partial charge in [0.2, 0.25) is 6.43 Å². The van der Waals surface area contributed by atoms with Gasteiger partial charge in [0, 0.05) is 31.1 Å². The van der Waals surface area contributed by atoms with Crippen LogP contribution in [0.25, 0.3) is 0 Å². The third kappa shape index (κ3) is 2.80. The van der Waals surface area contributed by atoms with E-state index in [1.807, 2.05) is 7.05 Å². The molecule has 2 rings (SSSR count). The molecule has 1 atom stereocenters. The van der Waals surface area contributed by atoms with Crippen molar-refractivity contribution in [2.75, 3.05) is 20.1 Å². The van der Waals surface area contributed by atoms with Crippen molar-refractivity contribution in [1.82, 2.24) is 10.2 Å². The monoisotopic (exact) mass is 240 g/mol. The minimum absolute atomic E-state index is 0. The molecular weight excluding hydrogens is 222 g/mol. The van der Waals surface area contributed by atoms with Crippen molar-refractivity contribution in [3.63, 3.8) is 0 Å². The van der Waals surface area contributed by atoms with Crippen molar-refractivity contribution in [2.24, 2.45) is 5.92 Å². The molecular formula is C10H19ClF2N2. The van der Waals surface area contributed by atoms with E-state index in [1.165, 1.54) is 0 Å². The molecule has 0 aromatic heterocycles. The molecule has 2 nitrogen and oxygen atoms in total. The highest BCUT2D eigenvalue weighted by Crippen LogP contribution is 2.37. The summed E-state index contributed by atoms with van der Waals surface area (Å²) in [6.45, 7) is 2.11. The number of hydrogen-bond donors (Lipinski definition) is 1. The third-order valence-corrected chi connectivity index (χ3v) is 3.65. The Bertz CT molecular complexity index is 198. The van der Waals surface area contributed by atoms with E-state index in [1.54, 1.807) is 0 Å². The second kappa shape index (κ2) is 5.41. The van der Waals surface area contributed by atoms with E-state index in [4.69, 9.17) is 0 Å². The molecule has 2 fully saturated rings. The van der Waals surface area contributed by atoms with Crippen LogP contribution in [0.15, 0.2) is 0 Å². The first-order valence-corrected chi connectivity index (χ1v) is 5.40. The number of nitrogens with one attached hydrogen (secondary N) is 1. The number of likely N-dealkylation sites (N-methyl/N-ethyl adjacent to an activating group) is 1. The fourth-order valence-electron chi connectivity index (χ4n) is 2.49. The third-order valence-electron chi connectivity index (χ3n) is 3.65. The van der Waals surface area contributed by atoms with Crippen molar-refractivity contribution in [3.8, 4) is 0 Å². The zero-order chi connectivity index (χ0) is 10.1. The highest BCUT2D eigenvalue weighted by molar-refractivity contribution is 5.85. The van der Waals surface area contributed by atoms with Crippen molar-refractivity contribution in [1.29, 1.82) is 0 Å². The first-order chi connectivity index (χ1) is 6.70. The van der Waals surface area contributed by atoms with Crippen LogP contribution >= 0.6 is 12.4 Å². The summed E-state index contributed by atoms with van der Waals surface area (Å²) in [6.07, 6.45) is 0.461. The predicted molar refractivity (Wildman–Crippen MR) is 58.8 cm³/mol. The standard InChI is InChI=1S/C10H18F2N2.ClH/c1-13-8-2-3-14(6-8)9-4-7(5-9)10(11)12;/h7-10,13H,2-6H2,1H3;1H. The molecule has 2 aliphatic rings. The van der Waals surface area contributed by atoms with Crippen LogP contribution in [0.5, 0.6) is 0 Å². The van der Waals surface area contributed by atoms with Gasteiger partial charge in [0.25, 0.3) is 0 Å². The molecule has 1 aliphatic heterocycles. The molecule has 90 valence electrons. The average molecular weight is 241 g/mol. The summed E-state index contributed by atoms with van der Waals surface area (Å²) >= 11 is 0. The molecule has 1 heterocycles. The average Bonchev–Trinajstić information content (AvgIpc) is 2.49. The Morgan fingerprint density at radius 3 is 2.47 bits per heavy atom. The lowest BCUT2D eigenvalue weighted by molar-refractivity contribution is -0.0166. The number of alkyl halides is 2. The summed E-state index contributed by atoms with van der Waals surface area (Å²) in [7, 11) is 1.97. The Hall–Kier alpha value is 0.0700. The first kappa shape index (κ1) is 13.1. The largest absolute Gasteiger partial charge is 0.316 e. The SMILES string of the molecule is CNC1CCN(C2CC(C(F)F)C2)C1.Cl. The molecule has 1 saturated heterocycles. The van der Waals surface area contributed by atoms with Gasteiger partial charge in [0.15, 0.2) is 0 Å². The van der Waals surface area contributed by atoms with Crippen LogP contribution < -0.4 is 5.32 Å². The van der Waals surface area contributed by atoms with Crippen molar-refractivity contribution in [3.05, 3.63) is 0 Å². The minimum atomic E-state index is -2.10. The van der Waals surface area contributed by atoms with E-state index >= 15 is 0 Å². The Balaban J connectivity index is 0.00000112. The van der Waals surface area contributed by atoms with E-state index < -0.39 is 6.43 Å². The van der Waals surface area contributed by atoms with Gasteiger partial charge in [-0.15, -0.1) is 12.4 Å². The smallest absolute Gasteiger partial charge is 0.241 e. The maximum absolute atomic E-state index is 12.3. The minimum Gasteiger partial charge on any atom is -0.316 e. The molecule has 1 N–H and O–H groups in total. The zero-order valence-electron chi connectivity index (χ0n) is 8.96. The molecule has 1 saturated carbocycles. The Kier molecular flexibility index (Phi) is 4.74. The van der Waals surface area contributed by atoms with Gasteiger partial charge in [-0.3, -0.25) is 4.90 Å². The summed E-state index contributed by atoms with van der Waals surface area (Å²) in [5, 5.41) is 3.24. The van der Waals surface area contributed by atoms with Crippen LogP contribution in [-0.2, 0) is 0 Å². The molecule has 0 amide bonds. The number of likely N-dealkylation sites (tertiary alicyclic amines) is 1. The second-order valence-electron chi connectivity index (χ2n) is 4.49. The van der Waals surface area contributed by atoms with Gasteiger partial charge in [-0.05, 0) is 26.3 Å². The summed E-state index contributed by atoms with van der Waals surface area (Å²) in [5.74, 6) is -0.325. The summed E-state index contributed by atoms with van der Waals surface area (Å²) < 4.78 is 24.5. The molecule has 0 radical (unpaired) electrons. The highest BCUT2D eigenvalue weighted by atomic mass is 35.5. The van der Waals surface area contributed by atoms with Crippen LogP contribution in [0.1, 0.15) is 19.3 Å². The van der Waals surface area contributed by atoms with Gasteiger partial charge < -0.3 is 5.32 Å². The van der Waals surface area contributed by atoms with Gasteiger partial charge in [0.05, 0.1) is 0 Å². The van der Waals surface area contributed by atoms with Crippen molar-refractivity contribution in [2.45, 2.75) is 37.8 Å². The van der Waals surface area contributed by atoms with Gasteiger partial charge in [-0.1, -0.05) is 0 Å². The lowest BCUT2D eigenvalue weighted by Gasteiger charge is -2.40. The molecule has 0 aromatic rings. The van der Waals surface area contributed by atoms with Crippen LogP contribution in [0.2, 0.25) is 0 Å². The van der Waals surface area contributed by atoms with Gasteiger partial charge in [0.1, 0.15) is 0 Å². The number of halogens is 3. The topological polar surface area (TPSA) is 15.3 Å². The van der Waals surface area contributed by atoms with E-state index in [2.05, 4.69) is 10.2 Å². The maximum atomic E-state index is 12.3. The lowest BCUT2D eigenvalue weighted by atomic mass is 9.80. The van der Waals surface area contributed by atoms with Gasteiger partial charge in [-0.25, -0.2) is 8.78 Å². The van der Waals surface area contributed by atoms with Gasteiger partial charge >= 0.3 is 0 Å². The molecule has 15 heavy (non-hydrogen) atoms. The summed E-state index contributed by atoms with van der Waals surface area (Å²) in [6, 6.07) is 1.01. The fraction of sp³-hybridized carbons (Fsp3) is 1.00. The summed E-state index contributed by atoms with van der Waals surface area (Å²) in [4.78, 5) is 2.36. The quantitative estimate of drug-likeness (QED) is 0.809. The fourth-order valence-corrected chi connectivity index (χ4v) is 2.49. The van der Waals surface area contributed by atoms with Crippen molar-refractivity contribution < 1.29 is 8.78 Å². The number of rotatable bonds is 3. The van der Waals surface area contributed by atoms with Crippen LogP contribution in [-0.4, -0.2) is 43.5 Å². The van der Waals surface area contributed by atoms with Crippen molar-refractivity contribution >= 4 is 12.4 Å². The Morgan fingerprint density at radius 2 is 2.00 bits per heavy atom. The molecule has 1 aliphatic carbocycles. The molecule has 0 spiro atoms. The van der Waals surface area contributed by atoms with E-state index in [9.17, 15) is 8.78 Å². The number of hydrogen-bond acceptors (Lipinski definition) is 2. The Labute approximate surface area is 95.8 Å². The predicted octanol–water partition coefficient (Wildman–Crippen LogP) is 1.75. The van der Waals surface area contributed by atoms with E-state index in [0.717, 1.165) is 19.5 Å². The lowest BCUT2D eigenvalue weighted by Crippen LogP contribution is -2.46. The Morgan fingerprint density at radius 1 is 1.33 bits per heavy atom. The second-order valence-corrected chi connectivity index (χ2v) is 4.49. The molecule has 0 aromatic carbocycles. The first-order valence-electron chi connectivity index (χ1n) is 5.40. The molecule has 1 unspecified atom stereocenters. The van der Waals surface area contributed by atoms with E-state index in [-0.39, 0.29) is 18.3 Å². The molecule has 0 bridgehead atoms. The van der Waals surface area contributed by atoms with Crippen LogP contribution in [0, 0.1) is 5.92 Å². The normalized spacial score (nSPS) is 36.4. The molecule has 5 heteroatoms. The van der Waals surface area contributed by atoms with Crippen LogP contribution in [0.4, 0.5) is 8.78 Å². The van der Waals surface area contributed by atoms with E-state index in [0.29, 0.717) is 24.9 Å². The maximum Gasteiger partial charge on any atom is 0.241 e. The zero-order valence-corrected chi connectivity index (χ0v) is 9.77. The highest BCUT2D eigenvalue weighted by Gasteiger charge is 2.40. The summed E-state index contributed by atoms with van der Waals surface area (Å²) in [5.41, 5.74) is 0.